The Bertz CT molecular complexity index is 1500. The SMILES string of the molecule is CS(C)(=O)=Nc1ccc(-c2ccc(-c3nc4cc(O[C@@H]5CO[C@H](CO)[C@H]5F)[nH]c4cc3F)cc2)cc1. The van der Waals surface area contributed by atoms with E-state index in [2.05, 4.69) is 14.3 Å². The number of H-pyrrole nitrogens is 1. The van der Waals surface area contributed by atoms with Gasteiger partial charge in [0.05, 0.1) is 29.9 Å². The van der Waals surface area contributed by atoms with Crippen LogP contribution in [0.2, 0.25) is 0 Å². The van der Waals surface area contributed by atoms with Gasteiger partial charge in [0.2, 0.25) is 0 Å². The summed E-state index contributed by atoms with van der Waals surface area (Å²) in [5, 5.41) is 9.14. The maximum absolute atomic E-state index is 14.9. The fraction of sp³-hybridized carbons (Fsp3) is 0.269. The minimum atomic E-state index is -2.23. The van der Waals surface area contributed by atoms with Crippen molar-refractivity contribution in [1.82, 2.24) is 9.97 Å². The van der Waals surface area contributed by atoms with Crippen LogP contribution < -0.4 is 4.74 Å². The normalized spacial score (nSPS) is 20.1. The Balaban J connectivity index is 1.36. The van der Waals surface area contributed by atoms with Crippen LogP contribution in [0, 0.1) is 5.82 Å². The summed E-state index contributed by atoms with van der Waals surface area (Å²) in [5.41, 5.74) is 4.20. The number of aromatic nitrogens is 2. The third-order valence-corrected chi connectivity index (χ3v) is 6.51. The first kappa shape index (κ1) is 24.4. The Morgan fingerprint density at radius 1 is 1.11 bits per heavy atom. The van der Waals surface area contributed by atoms with Crippen molar-refractivity contribution in [2.45, 2.75) is 18.4 Å². The third kappa shape index (κ3) is 5.11. The lowest BCUT2D eigenvalue weighted by molar-refractivity contribution is 0.0302. The molecule has 7 nitrogen and oxygen atoms in total. The molecule has 1 aliphatic heterocycles. The van der Waals surface area contributed by atoms with Crippen LogP contribution in [0.1, 0.15) is 0 Å². The number of nitrogens with zero attached hydrogens (tertiary/aromatic N) is 2. The molecule has 0 amide bonds. The molecule has 188 valence electrons. The summed E-state index contributed by atoms with van der Waals surface area (Å²) in [4.78, 5) is 7.36. The second-order valence-corrected chi connectivity index (χ2v) is 11.5. The molecule has 0 saturated carbocycles. The van der Waals surface area contributed by atoms with Gasteiger partial charge in [-0.2, -0.15) is 4.36 Å². The number of aromatic amines is 1. The number of nitrogens with one attached hydrogen (secondary N) is 1. The average molecular weight is 514 g/mol. The molecule has 2 aromatic carbocycles. The number of hydrogen-bond donors (Lipinski definition) is 2. The largest absolute Gasteiger partial charge is 0.470 e. The number of rotatable bonds is 6. The van der Waals surface area contributed by atoms with Gasteiger partial charge < -0.3 is 19.6 Å². The van der Waals surface area contributed by atoms with Crippen molar-refractivity contribution in [1.29, 1.82) is 0 Å². The molecule has 2 N–H and O–H groups in total. The molecule has 10 heteroatoms. The van der Waals surface area contributed by atoms with Crippen molar-refractivity contribution in [2.75, 3.05) is 25.7 Å². The molecule has 3 atom stereocenters. The van der Waals surface area contributed by atoms with Crippen LogP contribution in [0.25, 0.3) is 33.4 Å². The number of fused-ring (bicyclic) bond motifs is 1. The summed E-state index contributed by atoms with van der Waals surface area (Å²) in [7, 11) is -2.23. The summed E-state index contributed by atoms with van der Waals surface area (Å²) in [5.74, 6) is -0.262. The van der Waals surface area contributed by atoms with E-state index < -0.39 is 40.5 Å². The molecule has 0 radical (unpaired) electrons. The minimum Gasteiger partial charge on any atom is -0.470 e. The zero-order chi connectivity index (χ0) is 25.4. The van der Waals surface area contributed by atoms with Crippen LogP contribution >= 0.6 is 0 Å². The van der Waals surface area contributed by atoms with Gasteiger partial charge in [-0.1, -0.05) is 36.4 Å². The first-order valence-corrected chi connectivity index (χ1v) is 13.6. The number of hydrogen-bond acceptors (Lipinski definition) is 6. The van der Waals surface area contributed by atoms with E-state index in [1.807, 2.05) is 36.4 Å². The Morgan fingerprint density at radius 3 is 2.36 bits per heavy atom. The number of halogens is 2. The highest BCUT2D eigenvalue weighted by Crippen LogP contribution is 2.31. The monoisotopic (exact) mass is 513 g/mol. The Labute approximate surface area is 207 Å². The van der Waals surface area contributed by atoms with Gasteiger partial charge in [0.1, 0.15) is 11.8 Å². The number of pyridine rings is 1. The average Bonchev–Trinajstić information content (AvgIpc) is 3.40. The summed E-state index contributed by atoms with van der Waals surface area (Å²) in [6, 6.07) is 17.7. The highest BCUT2D eigenvalue weighted by molar-refractivity contribution is 7.92. The second-order valence-electron chi connectivity index (χ2n) is 8.94. The van der Waals surface area contributed by atoms with Crippen molar-refractivity contribution in [3.05, 3.63) is 66.5 Å². The first-order chi connectivity index (χ1) is 17.2. The Morgan fingerprint density at radius 2 is 1.75 bits per heavy atom. The zero-order valence-electron chi connectivity index (χ0n) is 19.7. The summed E-state index contributed by atoms with van der Waals surface area (Å²) < 4.78 is 56.1. The first-order valence-electron chi connectivity index (χ1n) is 11.3. The van der Waals surface area contributed by atoms with Gasteiger partial charge in [-0.3, -0.25) is 0 Å². The van der Waals surface area contributed by atoms with E-state index in [0.717, 1.165) is 11.1 Å². The number of benzene rings is 2. The standard InChI is InChI=1S/C26H25F2N3O4S/c1-36(2,33)31-18-9-7-16(8-10-18)15-3-5-17(6-4-15)26-19(27)11-20-21(30-26)12-24(29-20)35-23-14-34-22(13-32)25(23)28/h3-12,22-23,25,29,32H,13-14H2,1-2H3/t22-,23-,25-/m1/s1. The van der Waals surface area contributed by atoms with Crippen molar-refractivity contribution in [3.63, 3.8) is 0 Å². The van der Waals surface area contributed by atoms with Crippen LogP contribution in [0.15, 0.2) is 65.0 Å². The molecule has 0 spiro atoms. The molecule has 1 saturated heterocycles. The van der Waals surface area contributed by atoms with E-state index in [0.29, 0.717) is 22.3 Å². The molecule has 1 fully saturated rings. The molecule has 4 aromatic rings. The lowest BCUT2D eigenvalue weighted by Gasteiger charge is -2.14. The molecular formula is C26H25F2N3O4S. The van der Waals surface area contributed by atoms with E-state index in [4.69, 9.17) is 14.6 Å². The van der Waals surface area contributed by atoms with E-state index in [1.165, 1.54) is 6.07 Å². The quantitative estimate of drug-likeness (QED) is 0.383. The van der Waals surface area contributed by atoms with Crippen molar-refractivity contribution in [2.24, 2.45) is 4.36 Å². The molecule has 0 unspecified atom stereocenters. The highest BCUT2D eigenvalue weighted by atomic mass is 32.2. The summed E-state index contributed by atoms with van der Waals surface area (Å²) >= 11 is 0. The second kappa shape index (κ2) is 9.61. The van der Waals surface area contributed by atoms with Gasteiger partial charge >= 0.3 is 0 Å². The van der Waals surface area contributed by atoms with Crippen molar-refractivity contribution >= 4 is 26.4 Å². The number of aliphatic hydroxyl groups is 1. The lowest BCUT2D eigenvalue weighted by Crippen LogP contribution is -2.32. The van der Waals surface area contributed by atoms with E-state index in [1.54, 1.807) is 30.7 Å². The fourth-order valence-corrected chi connectivity index (χ4v) is 4.75. The van der Waals surface area contributed by atoms with Crippen LogP contribution in [-0.4, -0.2) is 63.4 Å². The number of aliphatic hydroxyl groups excluding tert-OH is 1. The zero-order valence-corrected chi connectivity index (χ0v) is 20.5. The van der Waals surface area contributed by atoms with Crippen LogP contribution in [0.3, 0.4) is 0 Å². The van der Waals surface area contributed by atoms with Crippen LogP contribution in [0.4, 0.5) is 14.5 Å². The van der Waals surface area contributed by atoms with Crippen molar-refractivity contribution in [3.8, 4) is 28.3 Å². The van der Waals surface area contributed by atoms with Gasteiger partial charge in [-0.15, -0.1) is 0 Å². The Kier molecular flexibility index (Phi) is 6.50. The molecule has 0 bridgehead atoms. The van der Waals surface area contributed by atoms with E-state index >= 15 is 0 Å². The molecule has 5 rings (SSSR count). The molecule has 3 heterocycles. The maximum atomic E-state index is 14.9. The predicted molar refractivity (Wildman–Crippen MR) is 135 cm³/mol. The van der Waals surface area contributed by atoms with Gasteiger partial charge in [0.25, 0.3) is 0 Å². The smallest absolute Gasteiger partial charge is 0.193 e. The molecule has 36 heavy (non-hydrogen) atoms. The van der Waals surface area contributed by atoms with Crippen LogP contribution in [0.5, 0.6) is 5.88 Å². The molecular weight excluding hydrogens is 488 g/mol. The minimum absolute atomic E-state index is 0.0102. The topological polar surface area (TPSA) is 96.8 Å². The van der Waals surface area contributed by atoms with Crippen LogP contribution in [-0.2, 0) is 14.5 Å². The predicted octanol–water partition coefficient (Wildman–Crippen LogP) is 4.87. The third-order valence-electron chi connectivity index (χ3n) is 5.86. The Hall–Kier alpha value is -3.34. The summed E-state index contributed by atoms with van der Waals surface area (Å²) in [6.07, 6.45) is -0.0812. The summed E-state index contributed by atoms with van der Waals surface area (Å²) in [6.45, 7) is -0.416. The fourth-order valence-electron chi connectivity index (χ4n) is 4.12. The van der Waals surface area contributed by atoms with Gasteiger partial charge in [-0.05, 0) is 23.3 Å². The molecule has 0 aliphatic carbocycles. The lowest BCUT2D eigenvalue weighted by atomic mass is 10.0. The van der Waals surface area contributed by atoms with Crippen molar-refractivity contribution < 1.29 is 27.6 Å². The molecule has 1 aliphatic rings. The van der Waals surface area contributed by atoms with E-state index in [-0.39, 0.29) is 18.2 Å². The van der Waals surface area contributed by atoms with Gasteiger partial charge in [-0.25, -0.2) is 18.0 Å². The maximum Gasteiger partial charge on any atom is 0.193 e. The van der Waals surface area contributed by atoms with Gasteiger partial charge in [0, 0.05) is 39.9 Å². The molecule has 2 aromatic heterocycles. The van der Waals surface area contributed by atoms with Gasteiger partial charge in [0.15, 0.2) is 24.0 Å². The van der Waals surface area contributed by atoms with E-state index in [9.17, 15) is 13.0 Å². The highest BCUT2D eigenvalue weighted by Gasteiger charge is 2.39. The number of alkyl halides is 1. The number of ether oxygens (including phenoxy) is 2.